The number of aromatic nitrogens is 3. The van der Waals surface area contributed by atoms with Crippen LogP contribution in [0.5, 0.6) is 5.75 Å². The lowest BCUT2D eigenvalue weighted by Gasteiger charge is -2.37. The molecule has 212 valence electrons. The van der Waals surface area contributed by atoms with Gasteiger partial charge in [0.05, 0.1) is 42.4 Å². The van der Waals surface area contributed by atoms with E-state index < -0.39 is 11.6 Å². The summed E-state index contributed by atoms with van der Waals surface area (Å²) in [6.07, 6.45) is 5.87. The summed E-state index contributed by atoms with van der Waals surface area (Å²) in [5, 5.41) is 0. The van der Waals surface area contributed by atoms with Crippen LogP contribution in [0.4, 0.5) is 20.2 Å². The van der Waals surface area contributed by atoms with Gasteiger partial charge in [-0.1, -0.05) is 0 Å². The highest BCUT2D eigenvalue weighted by Gasteiger charge is 2.28. The van der Waals surface area contributed by atoms with Crippen molar-refractivity contribution in [3.63, 3.8) is 0 Å². The first-order chi connectivity index (χ1) is 19.3. The Bertz CT molecular complexity index is 1410. The number of benzene rings is 1. The summed E-state index contributed by atoms with van der Waals surface area (Å²) in [5.74, 6) is 1.44. The van der Waals surface area contributed by atoms with Crippen molar-refractivity contribution in [2.24, 2.45) is 0 Å². The summed E-state index contributed by atoms with van der Waals surface area (Å²) in [6.45, 7) is 7.21. The van der Waals surface area contributed by atoms with E-state index in [1.807, 2.05) is 31.8 Å². The lowest BCUT2D eigenvalue weighted by molar-refractivity contribution is 0.249. The number of rotatable bonds is 6. The van der Waals surface area contributed by atoms with Crippen molar-refractivity contribution in [1.29, 1.82) is 0 Å². The van der Waals surface area contributed by atoms with Gasteiger partial charge in [-0.25, -0.2) is 18.7 Å². The SMILES string of the molecule is CC(C)N1CCOc2c(F)cc(-c3nc(Cc4ncc(N5CCC(N(C)C)CC5)c5c4CSC5)ncc3F)cc21. The minimum absolute atomic E-state index is 0.0902. The summed E-state index contributed by atoms with van der Waals surface area (Å²) in [5.41, 5.74) is 5.86. The molecule has 1 fully saturated rings. The third kappa shape index (κ3) is 5.11. The van der Waals surface area contributed by atoms with E-state index in [9.17, 15) is 0 Å². The molecule has 3 aliphatic heterocycles. The number of piperidine rings is 1. The van der Waals surface area contributed by atoms with E-state index in [1.54, 1.807) is 6.07 Å². The molecule has 10 heteroatoms. The van der Waals surface area contributed by atoms with Gasteiger partial charge < -0.3 is 19.4 Å². The van der Waals surface area contributed by atoms with E-state index in [2.05, 4.69) is 38.8 Å². The maximum absolute atomic E-state index is 15.1. The van der Waals surface area contributed by atoms with Crippen LogP contribution in [0.15, 0.2) is 24.5 Å². The molecule has 1 aromatic carbocycles. The summed E-state index contributed by atoms with van der Waals surface area (Å²) in [4.78, 5) is 20.6. The van der Waals surface area contributed by atoms with Gasteiger partial charge in [0, 0.05) is 42.2 Å². The Kier molecular flexibility index (Phi) is 7.56. The molecule has 5 heterocycles. The van der Waals surface area contributed by atoms with Gasteiger partial charge >= 0.3 is 0 Å². The molecule has 0 radical (unpaired) electrons. The zero-order valence-electron chi connectivity index (χ0n) is 23.6. The Morgan fingerprint density at radius 3 is 2.52 bits per heavy atom. The Morgan fingerprint density at radius 1 is 1.00 bits per heavy atom. The standard InChI is InChI=1S/C30H36F2N6OS/c1-18(2)38-9-10-39-30-23(31)11-19(12-26(30)38)29-24(32)14-34-28(35-29)13-25-21-16-40-17-22(21)27(15-33-25)37-7-5-20(6-8-37)36(3)4/h11-12,14-15,18,20H,5-10,13,16-17H2,1-4H3. The van der Waals surface area contributed by atoms with Crippen molar-refractivity contribution in [2.75, 3.05) is 50.1 Å². The minimum Gasteiger partial charge on any atom is -0.486 e. The summed E-state index contributed by atoms with van der Waals surface area (Å²) in [6, 6.07) is 3.85. The molecule has 7 nitrogen and oxygen atoms in total. The van der Waals surface area contributed by atoms with Crippen molar-refractivity contribution < 1.29 is 13.5 Å². The third-order valence-corrected chi connectivity index (χ3v) is 9.31. The third-order valence-electron chi connectivity index (χ3n) is 8.32. The molecular weight excluding hydrogens is 530 g/mol. The van der Waals surface area contributed by atoms with Crippen LogP contribution in [0.3, 0.4) is 0 Å². The molecule has 0 atom stereocenters. The normalized spacial score (nSPS) is 17.4. The monoisotopic (exact) mass is 566 g/mol. The van der Waals surface area contributed by atoms with Crippen LogP contribution in [-0.2, 0) is 17.9 Å². The van der Waals surface area contributed by atoms with E-state index in [0.717, 1.165) is 43.1 Å². The van der Waals surface area contributed by atoms with Gasteiger partial charge in [-0.05, 0) is 64.0 Å². The molecule has 0 bridgehead atoms. The predicted molar refractivity (Wildman–Crippen MR) is 156 cm³/mol. The Hall–Kier alpha value is -2.98. The maximum Gasteiger partial charge on any atom is 0.178 e. The van der Waals surface area contributed by atoms with Gasteiger partial charge in [0.25, 0.3) is 0 Å². The van der Waals surface area contributed by atoms with Crippen molar-refractivity contribution in [2.45, 2.75) is 56.7 Å². The lowest BCUT2D eigenvalue weighted by atomic mass is 10.0. The molecule has 6 rings (SSSR count). The summed E-state index contributed by atoms with van der Waals surface area (Å²) in [7, 11) is 4.32. The van der Waals surface area contributed by atoms with E-state index in [0.29, 0.717) is 42.7 Å². The molecule has 0 amide bonds. The summed E-state index contributed by atoms with van der Waals surface area (Å²) < 4.78 is 35.8. The zero-order valence-corrected chi connectivity index (χ0v) is 24.4. The highest BCUT2D eigenvalue weighted by Crippen LogP contribution is 2.41. The number of halogens is 2. The lowest BCUT2D eigenvalue weighted by Crippen LogP contribution is -2.42. The van der Waals surface area contributed by atoms with E-state index in [-0.39, 0.29) is 17.5 Å². The van der Waals surface area contributed by atoms with Crippen molar-refractivity contribution in [1.82, 2.24) is 19.9 Å². The average molecular weight is 567 g/mol. The number of pyridine rings is 1. The number of hydrogen-bond acceptors (Lipinski definition) is 8. The second-order valence-electron chi connectivity index (χ2n) is 11.3. The van der Waals surface area contributed by atoms with Crippen LogP contribution >= 0.6 is 11.8 Å². The second-order valence-corrected chi connectivity index (χ2v) is 12.3. The second kappa shape index (κ2) is 11.1. The first kappa shape index (κ1) is 27.2. The molecule has 40 heavy (non-hydrogen) atoms. The first-order valence-electron chi connectivity index (χ1n) is 14.0. The molecule has 2 aromatic heterocycles. The predicted octanol–water partition coefficient (Wildman–Crippen LogP) is 5.29. The van der Waals surface area contributed by atoms with Crippen LogP contribution in [0.2, 0.25) is 0 Å². The van der Waals surface area contributed by atoms with Crippen LogP contribution < -0.4 is 14.5 Å². The van der Waals surface area contributed by atoms with Crippen LogP contribution in [0.1, 0.15) is 49.3 Å². The van der Waals surface area contributed by atoms with E-state index >= 15 is 8.78 Å². The van der Waals surface area contributed by atoms with Gasteiger partial charge in [-0.3, -0.25) is 4.98 Å². The first-order valence-corrected chi connectivity index (χ1v) is 15.2. The fourth-order valence-corrected chi connectivity index (χ4v) is 7.25. The fraction of sp³-hybridized carbons (Fsp3) is 0.500. The molecule has 0 unspecified atom stereocenters. The Labute approximate surface area is 239 Å². The van der Waals surface area contributed by atoms with E-state index in [4.69, 9.17) is 9.72 Å². The quantitative estimate of drug-likeness (QED) is 0.399. The molecule has 1 saturated heterocycles. The van der Waals surface area contributed by atoms with Gasteiger partial charge in [-0.2, -0.15) is 11.8 Å². The largest absolute Gasteiger partial charge is 0.486 e. The molecule has 3 aromatic rings. The average Bonchev–Trinajstić information content (AvgIpc) is 3.44. The van der Waals surface area contributed by atoms with Gasteiger partial charge in [-0.15, -0.1) is 0 Å². The molecule has 0 aliphatic carbocycles. The van der Waals surface area contributed by atoms with Crippen molar-refractivity contribution in [3.8, 4) is 17.0 Å². The van der Waals surface area contributed by atoms with Gasteiger partial charge in [0.2, 0.25) is 0 Å². The topological polar surface area (TPSA) is 57.6 Å². The van der Waals surface area contributed by atoms with Crippen LogP contribution in [-0.4, -0.2) is 72.3 Å². The summed E-state index contributed by atoms with van der Waals surface area (Å²) >= 11 is 1.90. The zero-order chi connectivity index (χ0) is 28.0. The number of nitrogens with zero attached hydrogens (tertiary/aromatic N) is 6. The Balaban J connectivity index is 1.29. The fourth-order valence-electron chi connectivity index (χ4n) is 6.07. The molecule has 0 N–H and O–H groups in total. The number of fused-ring (bicyclic) bond motifs is 2. The Morgan fingerprint density at radius 2 is 1.77 bits per heavy atom. The maximum atomic E-state index is 15.1. The highest BCUT2D eigenvalue weighted by atomic mass is 32.2. The van der Waals surface area contributed by atoms with Crippen molar-refractivity contribution in [3.05, 3.63) is 58.8 Å². The highest BCUT2D eigenvalue weighted by molar-refractivity contribution is 7.98. The van der Waals surface area contributed by atoms with Gasteiger partial charge in [0.15, 0.2) is 17.4 Å². The number of thioether (sulfide) groups is 1. The molecule has 3 aliphatic rings. The smallest absolute Gasteiger partial charge is 0.178 e. The molecule has 0 saturated carbocycles. The number of anilines is 2. The van der Waals surface area contributed by atoms with E-state index in [1.165, 1.54) is 29.1 Å². The molecular formula is C30H36F2N6OS. The number of hydrogen-bond donors (Lipinski definition) is 0. The minimum atomic E-state index is -0.582. The van der Waals surface area contributed by atoms with Crippen LogP contribution in [0, 0.1) is 11.6 Å². The van der Waals surface area contributed by atoms with Crippen LogP contribution in [0.25, 0.3) is 11.3 Å². The van der Waals surface area contributed by atoms with Gasteiger partial charge in [0.1, 0.15) is 18.1 Å². The molecule has 0 spiro atoms. The number of ether oxygens (including phenoxy) is 1. The van der Waals surface area contributed by atoms with Crippen molar-refractivity contribution >= 4 is 23.1 Å².